The van der Waals surface area contributed by atoms with Gasteiger partial charge in [-0.05, 0) is 83.3 Å². The van der Waals surface area contributed by atoms with E-state index in [0.717, 1.165) is 24.8 Å². The molecule has 3 amide bonds. The fourth-order valence-electron chi connectivity index (χ4n) is 6.57. The van der Waals surface area contributed by atoms with Crippen molar-refractivity contribution in [3.63, 3.8) is 0 Å². The highest BCUT2D eigenvalue weighted by molar-refractivity contribution is 5.92. The Morgan fingerprint density at radius 2 is 1.86 bits per heavy atom. The van der Waals surface area contributed by atoms with Crippen LogP contribution in [-0.2, 0) is 32.1 Å². The number of benzene rings is 1. The summed E-state index contributed by atoms with van der Waals surface area (Å²) in [6.45, 7) is 5.76. The number of nitrogens with one attached hydrogen (secondary N) is 2. The van der Waals surface area contributed by atoms with Gasteiger partial charge in [0.1, 0.15) is 30.0 Å². The maximum Gasteiger partial charge on any atom is 0.408 e. The molecule has 0 bridgehead atoms. The normalized spacial score (nSPS) is 25.5. The number of rotatable bonds is 7. The third-order valence-corrected chi connectivity index (χ3v) is 8.43. The van der Waals surface area contributed by atoms with Gasteiger partial charge in [0.15, 0.2) is 0 Å². The predicted molar refractivity (Wildman–Crippen MR) is 158 cm³/mol. The number of carbonyl (C=O) groups excluding carboxylic acids is 3. The first-order valence-corrected chi connectivity index (χ1v) is 15.2. The molecule has 43 heavy (non-hydrogen) atoms. The molecule has 5 atom stereocenters. The molecule has 5 rings (SSSR count). The van der Waals surface area contributed by atoms with E-state index in [1.165, 1.54) is 5.56 Å². The lowest BCUT2D eigenvalue weighted by molar-refractivity contribution is -0.143. The number of ether oxygens (including phenoxy) is 2. The second kappa shape index (κ2) is 13.2. The molecule has 2 aromatic rings. The molecule has 3 heterocycles. The smallest absolute Gasteiger partial charge is 0.408 e. The molecule has 11 heteroatoms. The average molecular weight is 591 g/mol. The van der Waals surface area contributed by atoms with Crippen LogP contribution in [0.15, 0.2) is 30.5 Å². The number of aryl methyl sites for hydroxylation is 1. The first-order valence-electron chi connectivity index (χ1n) is 15.2. The fraction of sp³-hybridized carbons (Fsp3) is 0.594. The number of terminal acetylenes is 1. The number of carbonyl (C=O) groups is 3. The Morgan fingerprint density at radius 1 is 1.07 bits per heavy atom. The minimum absolute atomic E-state index is 0.0879. The lowest BCUT2D eigenvalue weighted by atomic mass is 9.87. The van der Waals surface area contributed by atoms with Gasteiger partial charge in [-0.3, -0.25) is 9.59 Å². The Hall–Kier alpha value is -3.91. The van der Waals surface area contributed by atoms with Crippen LogP contribution < -0.4 is 10.6 Å². The Labute approximate surface area is 253 Å². The second-order valence-corrected chi connectivity index (χ2v) is 12.7. The molecule has 230 valence electrons. The number of hydrogen-bond acceptors (Lipinski definition) is 7. The Bertz CT molecular complexity index is 1360. The van der Waals surface area contributed by atoms with E-state index in [2.05, 4.69) is 39.0 Å². The number of nitrogens with zero attached hydrogens (tertiary/aromatic N) is 4. The van der Waals surface area contributed by atoms with Crippen LogP contribution >= 0.6 is 0 Å². The third-order valence-electron chi connectivity index (χ3n) is 8.43. The van der Waals surface area contributed by atoms with Crippen molar-refractivity contribution in [3.05, 3.63) is 47.3 Å². The first kappa shape index (κ1) is 30.5. The summed E-state index contributed by atoms with van der Waals surface area (Å²) < 4.78 is 12.7. The van der Waals surface area contributed by atoms with Crippen molar-refractivity contribution in [2.24, 2.45) is 0 Å². The van der Waals surface area contributed by atoms with Crippen LogP contribution in [0.4, 0.5) is 4.79 Å². The first-order chi connectivity index (χ1) is 20.6. The minimum atomic E-state index is -0.842. The van der Waals surface area contributed by atoms with Gasteiger partial charge in [-0.25, -0.2) is 9.48 Å². The highest BCUT2D eigenvalue weighted by atomic mass is 16.6. The van der Waals surface area contributed by atoms with E-state index in [4.69, 9.17) is 15.9 Å². The van der Waals surface area contributed by atoms with Crippen LogP contribution in [0.2, 0.25) is 0 Å². The number of amides is 3. The molecule has 1 aromatic heterocycles. The average Bonchev–Trinajstić information content (AvgIpc) is 3.60. The molecule has 2 fully saturated rings. The number of aromatic nitrogens is 3. The van der Waals surface area contributed by atoms with Crippen molar-refractivity contribution in [2.75, 3.05) is 6.61 Å². The summed E-state index contributed by atoms with van der Waals surface area (Å²) >= 11 is 0. The van der Waals surface area contributed by atoms with Gasteiger partial charge in [0.25, 0.3) is 0 Å². The lowest BCUT2D eigenvalue weighted by Crippen LogP contribution is -2.57. The molecular formula is C32H42N6O5. The van der Waals surface area contributed by atoms with Crippen LogP contribution in [-0.4, -0.2) is 68.1 Å². The maximum atomic E-state index is 14.1. The summed E-state index contributed by atoms with van der Waals surface area (Å²) in [6, 6.07) is 6.38. The zero-order valence-electron chi connectivity index (χ0n) is 25.3. The van der Waals surface area contributed by atoms with E-state index in [0.29, 0.717) is 37.8 Å². The van der Waals surface area contributed by atoms with E-state index in [1.54, 1.807) is 30.4 Å². The predicted octanol–water partition coefficient (Wildman–Crippen LogP) is 3.60. The standard InChI is InChI=1S/C32H42N6O5/c1-5-17-42-20-22-19-37(36-35-22)23-13-15-27(34-31(41)43-32(2,3)4)30(40)38-24(18-23)14-16-28(38)29(39)33-26-12-8-10-21-9-6-7-11-25(21)26/h1,6-7,9,11,19,23-24,26-28H,8,10,12-18,20H2,2-4H3,(H,33,39)(H,34,41)/t23-,24+,26?,27-,28-/m0/s1. The molecule has 0 spiro atoms. The lowest BCUT2D eigenvalue weighted by Gasteiger charge is -2.38. The largest absolute Gasteiger partial charge is 0.444 e. The van der Waals surface area contributed by atoms with Crippen molar-refractivity contribution < 1.29 is 23.9 Å². The monoisotopic (exact) mass is 590 g/mol. The Balaban J connectivity index is 1.37. The van der Waals surface area contributed by atoms with E-state index in [9.17, 15) is 14.4 Å². The summed E-state index contributed by atoms with van der Waals surface area (Å²) in [6.07, 6.45) is 12.1. The van der Waals surface area contributed by atoms with Crippen LogP contribution in [0.1, 0.15) is 94.6 Å². The minimum Gasteiger partial charge on any atom is -0.444 e. The molecule has 1 aromatic carbocycles. The van der Waals surface area contributed by atoms with E-state index >= 15 is 0 Å². The summed E-state index contributed by atoms with van der Waals surface area (Å²) in [5.74, 6) is 2.03. The summed E-state index contributed by atoms with van der Waals surface area (Å²) in [7, 11) is 0. The van der Waals surface area contributed by atoms with Crippen LogP contribution in [0.3, 0.4) is 0 Å². The van der Waals surface area contributed by atoms with Gasteiger partial charge in [0.2, 0.25) is 11.8 Å². The molecule has 3 aliphatic rings. The molecular weight excluding hydrogens is 548 g/mol. The van der Waals surface area contributed by atoms with Crippen LogP contribution in [0.5, 0.6) is 0 Å². The number of fused-ring (bicyclic) bond motifs is 2. The van der Waals surface area contributed by atoms with E-state index in [-0.39, 0.29) is 43.2 Å². The van der Waals surface area contributed by atoms with Gasteiger partial charge in [-0.1, -0.05) is 35.4 Å². The van der Waals surface area contributed by atoms with E-state index in [1.807, 2.05) is 18.3 Å². The van der Waals surface area contributed by atoms with Crippen molar-refractivity contribution in [1.82, 2.24) is 30.5 Å². The van der Waals surface area contributed by atoms with Crippen molar-refractivity contribution in [2.45, 2.75) is 115 Å². The zero-order valence-corrected chi connectivity index (χ0v) is 25.3. The molecule has 2 N–H and O–H groups in total. The molecule has 2 saturated heterocycles. The van der Waals surface area contributed by atoms with Crippen LogP contribution in [0, 0.1) is 12.3 Å². The number of alkyl carbamates (subject to hydrolysis) is 1. The summed E-state index contributed by atoms with van der Waals surface area (Å²) in [4.78, 5) is 42.4. The van der Waals surface area contributed by atoms with Gasteiger partial charge in [0.05, 0.1) is 24.9 Å². The quantitative estimate of drug-likeness (QED) is 0.373. The second-order valence-electron chi connectivity index (χ2n) is 12.7. The molecule has 0 radical (unpaired) electrons. The molecule has 0 saturated carbocycles. The summed E-state index contributed by atoms with van der Waals surface area (Å²) in [5, 5.41) is 14.7. The maximum absolute atomic E-state index is 14.1. The molecule has 11 nitrogen and oxygen atoms in total. The molecule has 1 aliphatic carbocycles. The number of hydrogen-bond donors (Lipinski definition) is 2. The summed E-state index contributed by atoms with van der Waals surface area (Å²) in [5.41, 5.74) is 2.34. The fourth-order valence-corrected chi connectivity index (χ4v) is 6.57. The molecule has 1 unspecified atom stereocenters. The third kappa shape index (κ3) is 7.36. The van der Waals surface area contributed by atoms with Crippen molar-refractivity contribution in [1.29, 1.82) is 0 Å². The van der Waals surface area contributed by atoms with E-state index < -0.39 is 23.8 Å². The highest BCUT2D eigenvalue weighted by Gasteiger charge is 2.46. The van der Waals surface area contributed by atoms with Gasteiger partial charge < -0.3 is 25.0 Å². The SMILES string of the molecule is C#CCOCc1cn([C@H]2CC[C@H](NC(=O)OC(C)(C)C)C(=O)N3[C@H](CC[C@H]3C(=O)NC3CCCc4ccccc43)C2)nn1. The van der Waals surface area contributed by atoms with Gasteiger partial charge in [-0.2, -0.15) is 0 Å². The topological polar surface area (TPSA) is 128 Å². The van der Waals surface area contributed by atoms with Gasteiger partial charge in [0, 0.05) is 6.04 Å². The van der Waals surface area contributed by atoms with Crippen molar-refractivity contribution >= 4 is 17.9 Å². The Morgan fingerprint density at radius 3 is 2.65 bits per heavy atom. The zero-order chi connectivity index (χ0) is 30.6. The molecule has 2 aliphatic heterocycles. The van der Waals surface area contributed by atoms with Crippen molar-refractivity contribution in [3.8, 4) is 12.3 Å². The highest BCUT2D eigenvalue weighted by Crippen LogP contribution is 2.36. The van der Waals surface area contributed by atoms with Gasteiger partial charge in [-0.15, -0.1) is 11.5 Å². The Kier molecular flexibility index (Phi) is 9.35. The van der Waals surface area contributed by atoms with Crippen LogP contribution in [0.25, 0.3) is 0 Å². The van der Waals surface area contributed by atoms with Gasteiger partial charge >= 0.3 is 6.09 Å².